The second-order valence-electron chi connectivity index (χ2n) is 7.63. The van der Waals surface area contributed by atoms with Gasteiger partial charge in [-0.2, -0.15) is 0 Å². The fraction of sp³-hybridized carbons (Fsp3) is 0.550. The molecular weight excluding hydrogens is 330 g/mol. The van der Waals surface area contributed by atoms with Crippen molar-refractivity contribution >= 4 is 29.1 Å². The van der Waals surface area contributed by atoms with Crippen molar-refractivity contribution in [2.45, 2.75) is 51.5 Å². The van der Waals surface area contributed by atoms with Crippen LogP contribution >= 0.6 is 0 Å². The Morgan fingerprint density at radius 2 is 1.96 bits per heavy atom. The summed E-state index contributed by atoms with van der Waals surface area (Å²) < 4.78 is 0. The first-order chi connectivity index (χ1) is 12.5. The number of anilines is 2. The fourth-order valence-corrected chi connectivity index (χ4v) is 4.41. The molecule has 0 radical (unpaired) electrons. The molecule has 2 fully saturated rings. The summed E-state index contributed by atoms with van der Waals surface area (Å²) >= 11 is 0. The predicted octanol–water partition coefficient (Wildman–Crippen LogP) is 2.01. The molecule has 26 heavy (non-hydrogen) atoms. The van der Waals surface area contributed by atoms with Crippen molar-refractivity contribution in [3.05, 3.63) is 23.8 Å². The van der Waals surface area contributed by atoms with E-state index in [4.69, 9.17) is 0 Å². The van der Waals surface area contributed by atoms with Crippen LogP contribution in [0, 0.1) is 5.92 Å². The van der Waals surface area contributed by atoms with Crippen molar-refractivity contribution in [3.63, 3.8) is 0 Å². The second-order valence-corrected chi connectivity index (χ2v) is 7.63. The molecular formula is C20H25N3O3. The predicted molar refractivity (Wildman–Crippen MR) is 99.0 cm³/mol. The second kappa shape index (κ2) is 6.74. The van der Waals surface area contributed by atoms with Gasteiger partial charge in [0.15, 0.2) is 0 Å². The molecule has 4 rings (SSSR count). The first-order valence-corrected chi connectivity index (χ1v) is 9.54. The minimum Gasteiger partial charge on any atom is -0.353 e. The number of nitrogens with zero attached hydrogens (tertiary/aromatic N) is 2. The molecule has 1 saturated heterocycles. The van der Waals surface area contributed by atoms with Crippen LogP contribution in [0.4, 0.5) is 11.4 Å². The minimum absolute atomic E-state index is 0.00190. The van der Waals surface area contributed by atoms with Gasteiger partial charge in [-0.1, -0.05) is 12.8 Å². The number of amides is 3. The van der Waals surface area contributed by atoms with E-state index in [1.807, 2.05) is 18.2 Å². The summed E-state index contributed by atoms with van der Waals surface area (Å²) in [5.41, 5.74) is 2.85. The van der Waals surface area contributed by atoms with Gasteiger partial charge in [-0.25, -0.2) is 0 Å². The van der Waals surface area contributed by atoms with Crippen LogP contribution in [-0.2, 0) is 20.8 Å². The van der Waals surface area contributed by atoms with Gasteiger partial charge >= 0.3 is 0 Å². The zero-order chi connectivity index (χ0) is 18.3. The standard InChI is InChI=1S/C20H25N3O3/c1-13(24)22-9-8-14-10-17(6-7-18(14)22)23-12-15(11-19(23)25)20(26)21-16-4-2-3-5-16/h6-7,10,15-16H,2-5,8-9,11-12H2,1H3,(H,21,26)/t15-/m0/s1. The molecule has 1 saturated carbocycles. The Morgan fingerprint density at radius 1 is 1.19 bits per heavy atom. The molecule has 1 aliphatic carbocycles. The Kier molecular flexibility index (Phi) is 4.42. The number of hydrogen-bond acceptors (Lipinski definition) is 3. The molecule has 0 spiro atoms. The van der Waals surface area contributed by atoms with Crippen molar-refractivity contribution in [1.82, 2.24) is 5.32 Å². The van der Waals surface area contributed by atoms with Gasteiger partial charge in [-0.15, -0.1) is 0 Å². The zero-order valence-electron chi connectivity index (χ0n) is 15.2. The van der Waals surface area contributed by atoms with Gasteiger partial charge in [0, 0.05) is 43.9 Å². The molecule has 3 amide bonds. The van der Waals surface area contributed by atoms with E-state index in [1.165, 1.54) is 12.8 Å². The largest absolute Gasteiger partial charge is 0.353 e. The highest BCUT2D eigenvalue weighted by molar-refractivity contribution is 6.01. The number of carbonyl (C=O) groups is 3. The van der Waals surface area contributed by atoms with E-state index in [2.05, 4.69) is 5.32 Å². The lowest BCUT2D eigenvalue weighted by Crippen LogP contribution is -2.38. The maximum atomic E-state index is 12.5. The highest BCUT2D eigenvalue weighted by atomic mass is 16.2. The average Bonchev–Trinajstić information content (AvgIpc) is 3.33. The highest BCUT2D eigenvalue weighted by Crippen LogP contribution is 2.34. The Morgan fingerprint density at radius 3 is 2.69 bits per heavy atom. The quantitative estimate of drug-likeness (QED) is 0.902. The Hall–Kier alpha value is -2.37. The monoisotopic (exact) mass is 355 g/mol. The van der Waals surface area contributed by atoms with Crippen molar-refractivity contribution in [1.29, 1.82) is 0 Å². The van der Waals surface area contributed by atoms with E-state index in [0.29, 0.717) is 13.1 Å². The summed E-state index contributed by atoms with van der Waals surface area (Å²) in [5, 5.41) is 3.11. The molecule has 1 aromatic rings. The van der Waals surface area contributed by atoms with E-state index < -0.39 is 0 Å². The van der Waals surface area contributed by atoms with Crippen molar-refractivity contribution in [3.8, 4) is 0 Å². The molecule has 1 N–H and O–H groups in total. The maximum Gasteiger partial charge on any atom is 0.227 e. The zero-order valence-corrected chi connectivity index (χ0v) is 15.2. The number of rotatable bonds is 3. The summed E-state index contributed by atoms with van der Waals surface area (Å²) in [6, 6.07) is 6.07. The van der Waals surface area contributed by atoms with Crippen molar-refractivity contribution in [2.75, 3.05) is 22.9 Å². The molecule has 3 aliphatic rings. The summed E-state index contributed by atoms with van der Waals surface area (Å²) in [5.74, 6) is -0.225. The lowest BCUT2D eigenvalue weighted by atomic mass is 10.1. The van der Waals surface area contributed by atoms with Crippen LogP contribution in [0.5, 0.6) is 0 Å². The number of carbonyl (C=O) groups excluding carboxylic acids is 3. The van der Waals surface area contributed by atoms with Gasteiger partial charge in [0.25, 0.3) is 0 Å². The average molecular weight is 355 g/mol. The Bertz CT molecular complexity index is 755. The van der Waals surface area contributed by atoms with Gasteiger partial charge < -0.3 is 15.1 Å². The van der Waals surface area contributed by atoms with Crippen LogP contribution in [0.25, 0.3) is 0 Å². The minimum atomic E-state index is -0.273. The fourth-order valence-electron chi connectivity index (χ4n) is 4.41. The molecule has 0 unspecified atom stereocenters. The van der Waals surface area contributed by atoms with Crippen molar-refractivity contribution in [2.24, 2.45) is 5.92 Å². The summed E-state index contributed by atoms with van der Waals surface area (Å²) in [6.45, 7) is 2.70. The van der Waals surface area contributed by atoms with E-state index in [9.17, 15) is 14.4 Å². The lowest BCUT2D eigenvalue weighted by molar-refractivity contribution is -0.126. The molecule has 2 heterocycles. The first-order valence-electron chi connectivity index (χ1n) is 9.54. The summed E-state index contributed by atoms with van der Waals surface area (Å²) in [7, 11) is 0. The molecule has 1 atom stereocenters. The van der Waals surface area contributed by atoms with Crippen LogP contribution in [0.1, 0.15) is 44.6 Å². The van der Waals surface area contributed by atoms with E-state index >= 15 is 0 Å². The third kappa shape index (κ3) is 3.08. The Labute approximate surface area is 153 Å². The summed E-state index contributed by atoms with van der Waals surface area (Å²) in [4.78, 5) is 40.1. The molecule has 6 nitrogen and oxygen atoms in total. The van der Waals surface area contributed by atoms with Crippen LogP contribution in [0.3, 0.4) is 0 Å². The maximum absolute atomic E-state index is 12.5. The van der Waals surface area contributed by atoms with Gasteiger partial charge in [-0.3, -0.25) is 14.4 Å². The first kappa shape index (κ1) is 17.1. The smallest absolute Gasteiger partial charge is 0.227 e. The highest BCUT2D eigenvalue weighted by Gasteiger charge is 2.36. The molecule has 0 aromatic heterocycles. The number of nitrogens with one attached hydrogen (secondary N) is 1. The Balaban J connectivity index is 1.46. The van der Waals surface area contributed by atoms with Crippen molar-refractivity contribution < 1.29 is 14.4 Å². The molecule has 1 aromatic carbocycles. The van der Waals surface area contributed by atoms with Gasteiger partial charge in [0.1, 0.15) is 0 Å². The topological polar surface area (TPSA) is 69.7 Å². The van der Waals surface area contributed by atoms with Gasteiger partial charge in [-0.05, 0) is 43.0 Å². The van der Waals surface area contributed by atoms with Gasteiger partial charge in [0.05, 0.1) is 5.92 Å². The molecule has 6 heteroatoms. The normalized spacial score (nSPS) is 22.8. The van der Waals surface area contributed by atoms with E-state index in [1.54, 1.807) is 16.7 Å². The van der Waals surface area contributed by atoms with Gasteiger partial charge in [0.2, 0.25) is 17.7 Å². The number of fused-ring (bicyclic) bond motifs is 1. The van der Waals surface area contributed by atoms with Crippen LogP contribution in [0.15, 0.2) is 18.2 Å². The lowest BCUT2D eigenvalue weighted by Gasteiger charge is -2.20. The molecule has 138 valence electrons. The van der Waals surface area contributed by atoms with Crippen LogP contribution in [-0.4, -0.2) is 36.9 Å². The molecule has 0 bridgehead atoms. The number of hydrogen-bond donors (Lipinski definition) is 1. The van der Waals surface area contributed by atoms with Crippen LogP contribution in [0.2, 0.25) is 0 Å². The van der Waals surface area contributed by atoms with E-state index in [-0.39, 0.29) is 36.1 Å². The van der Waals surface area contributed by atoms with E-state index in [0.717, 1.165) is 36.2 Å². The molecule has 2 aliphatic heterocycles. The van der Waals surface area contributed by atoms with Crippen LogP contribution < -0.4 is 15.1 Å². The SMILES string of the molecule is CC(=O)N1CCc2cc(N3C[C@@H](C(=O)NC4CCCC4)CC3=O)ccc21. The number of benzene rings is 1. The third-order valence-corrected chi connectivity index (χ3v) is 5.85. The summed E-state index contributed by atoms with van der Waals surface area (Å²) in [6.07, 6.45) is 5.52. The third-order valence-electron chi connectivity index (χ3n) is 5.85.